The molecule has 4 heteroatoms. The van der Waals surface area contributed by atoms with Crippen LogP contribution in [0.15, 0.2) is 12.3 Å². The monoisotopic (exact) mass is 256 g/mol. The zero-order valence-electron chi connectivity index (χ0n) is 11.0. The Morgan fingerprint density at radius 2 is 2.12 bits per heavy atom. The zero-order chi connectivity index (χ0) is 12.9. The van der Waals surface area contributed by atoms with Crippen molar-refractivity contribution in [3.05, 3.63) is 22.8 Å². The number of pyridine rings is 1. The zero-order valence-corrected chi connectivity index (χ0v) is 11.8. The smallest absolute Gasteiger partial charge is 0.233 e. The van der Waals surface area contributed by atoms with E-state index in [0.717, 1.165) is 25.1 Å². The summed E-state index contributed by atoms with van der Waals surface area (Å²) in [5, 5.41) is 3.87. The summed E-state index contributed by atoms with van der Waals surface area (Å²) in [5.41, 5.74) is 0.795. The number of nitrogens with zero attached hydrogens (tertiary/aromatic N) is 1. The molecule has 0 aliphatic carbocycles. The molecule has 0 spiro atoms. The van der Waals surface area contributed by atoms with Crippen LogP contribution < -0.4 is 10.1 Å². The molecule has 0 atom stereocenters. The molecule has 0 bridgehead atoms. The third kappa shape index (κ3) is 5.37. The highest BCUT2D eigenvalue weighted by atomic mass is 35.5. The molecule has 1 aromatic heterocycles. The Labute approximate surface area is 109 Å². The molecule has 0 radical (unpaired) electrons. The van der Waals surface area contributed by atoms with E-state index < -0.39 is 0 Å². The molecule has 0 amide bonds. The molecule has 0 aliphatic rings. The number of hydrogen-bond donors (Lipinski definition) is 1. The van der Waals surface area contributed by atoms with Gasteiger partial charge in [-0.2, -0.15) is 0 Å². The normalized spacial score (nSPS) is 11.6. The third-order valence-electron chi connectivity index (χ3n) is 2.02. The lowest BCUT2D eigenvalue weighted by Gasteiger charge is -2.21. The van der Waals surface area contributed by atoms with Crippen LogP contribution in [-0.2, 0) is 6.54 Å². The highest BCUT2D eigenvalue weighted by Gasteiger charge is 2.15. The van der Waals surface area contributed by atoms with Crippen molar-refractivity contribution in [1.82, 2.24) is 10.3 Å². The average molecular weight is 257 g/mol. The van der Waals surface area contributed by atoms with Crippen molar-refractivity contribution in [2.45, 2.75) is 46.3 Å². The van der Waals surface area contributed by atoms with Gasteiger partial charge in [0.25, 0.3) is 0 Å². The molecule has 0 unspecified atom stereocenters. The van der Waals surface area contributed by atoms with Gasteiger partial charge in [-0.05, 0) is 45.4 Å². The summed E-state index contributed by atoms with van der Waals surface area (Å²) in [6.45, 7) is 9.85. The Morgan fingerprint density at radius 1 is 1.41 bits per heavy atom. The summed E-state index contributed by atoms with van der Waals surface area (Å²) in [7, 11) is 0. The van der Waals surface area contributed by atoms with Crippen LogP contribution in [-0.4, -0.2) is 17.1 Å². The van der Waals surface area contributed by atoms with E-state index in [0.29, 0.717) is 10.9 Å². The minimum atomic E-state index is -0.279. The predicted octanol–water partition coefficient (Wildman–Crippen LogP) is 3.41. The van der Waals surface area contributed by atoms with Gasteiger partial charge in [0.05, 0.1) is 0 Å². The van der Waals surface area contributed by atoms with Gasteiger partial charge in [0.2, 0.25) is 5.88 Å². The quantitative estimate of drug-likeness (QED) is 0.820. The second-order valence-electron chi connectivity index (χ2n) is 5.02. The van der Waals surface area contributed by atoms with Crippen molar-refractivity contribution in [3.8, 4) is 5.88 Å². The summed E-state index contributed by atoms with van der Waals surface area (Å²) in [6, 6.07) is 1.90. The highest BCUT2D eigenvalue weighted by Crippen LogP contribution is 2.25. The maximum Gasteiger partial charge on any atom is 0.233 e. The molecule has 17 heavy (non-hydrogen) atoms. The molecule has 1 rings (SSSR count). The van der Waals surface area contributed by atoms with E-state index in [2.05, 4.69) is 17.2 Å². The largest absolute Gasteiger partial charge is 0.471 e. The maximum atomic E-state index is 6.13. The van der Waals surface area contributed by atoms with Gasteiger partial charge < -0.3 is 10.1 Å². The number of halogens is 1. The van der Waals surface area contributed by atoms with Crippen LogP contribution in [0.4, 0.5) is 0 Å². The lowest BCUT2D eigenvalue weighted by Crippen LogP contribution is -2.23. The van der Waals surface area contributed by atoms with Crippen molar-refractivity contribution >= 4 is 11.6 Å². The number of ether oxygens (including phenoxy) is 1. The van der Waals surface area contributed by atoms with Crippen molar-refractivity contribution in [2.75, 3.05) is 6.54 Å². The van der Waals surface area contributed by atoms with E-state index in [1.807, 2.05) is 26.8 Å². The van der Waals surface area contributed by atoms with Gasteiger partial charge in [-0.15, -0.1) is 0 Å². The fraction of sp³-hybridized carbons (Fsp3) is 0.615. The molecule has 1 heterocycles. The van der Waals surface area contributed by atoms with Crippen LogP contribution in [0.2, 0.25) is 5.02 Å². The number of rotatable bonds is 5. The molecular weight excluding hydrogens is 236 g/mol. The molecule has 1 aromatic rings. The van der Waals surface area contributed by atoms with E-state index in [-0.39, 0.29) is 5.60 Å². The van der Waals surface area contributed by atoms with Gasteiger partial charge in [0.1, 0.15) is 10.6 Å². The molecule has 0 fully saturated rings. The first kappa shape index (κ1) is 14.3. The summed E-state index contributed by atoms with van der Waals surface area (Å²) >= 11 is 6.13. The number of hydrogen-bond acceptors (Lipinski definition) is 3. The Bertz CT molecular complexity index is 361. The molecule has 0 aromatic carbocycles. The molecule has 96 valence electrons. The van der Waals surface area contributed by atoms with Gasteiger partial charge in [-0.1, -0.05) is 18.5 Å². The molecule has 3 nitrogen and oxygen atoms in total. The lowest BCUT2D eigenvalue weighted by molar-refractivity contribution is 0.124. The van der Waals surface area contributed by atoms with Crippen LogP contribution in [0.25, 0.3) is 0 Å². The first-order chi connectivity index (χ1) is 7.92. The predicted molar refractivity (Wildman–Crippen MR) is 71.6 cm³/mol. The maximum absolute atomic E-state index is 6.13. The van der Waals surface area contributed by atoms with Crippen LogP contribution in [0.1, 0.15) is 39.7 Å². The van der Waals surface area contributed by atoms with E-state index in [1.165, 1.54) is 0 Å². The standard InChI is InChI=1S/C13H21ClN2O/c1-5-6-15-8-10-7-11(14)12(16-9-10)17-13(2,3)4/h7,9,15H,5-6,8H2,1-4H3. The van der Waals surface area contributed by atoms with Gasteiger partial charge in [0, 0.05) is 12.7 Å². The SMILES string of the molecule is CCCNCc1cnc(OC(C)(C)C)c(Cl)c1. The number of aromatic nitrogens is 1. The summed E-state index contributed by atoms with van der Waals surface area (Å²) in [5.74, 6) is 0.499. The molecular formula is C13H21ClN2O. The fourth-order valence-electron chi connectivity index (χ4n) is 1.34. The van der Waals surface area contributed by atoms with Gasteiger partial charge in [-0.3, -0.25) is 0 Å². The summed E-state index contributed by atoms with van der Waals surface area (Å²) in [4.78, 5) is 4.25. The van der Waals surface area contributed by atoms with Crippen LogP contribution in [0, 0.1) is 0 Å². The van der Waals surface area contributed by atoms with Gasteiger partial charge in [-0.25, -0.2) is 4.98 Å². The van der Waals surface area contributed by atoms with Gasteiger partial charge >= 0.3 is 0 Å². The van der Waals surface area contributed by atoms with Gasteiger partial charge in [0.15, 0.2) is 0 Å². The minimum absolute atomic E-state index is 0.279. The van der Waals surface area contributed by atoms with E-state index >= 15 is 0 Å². The fourth-order valence-corrected chi connectivity index (χ4v) is 1.56. The van der Waals surface area contributed by atoms with E-state index in [4.69, 9.17) is 16.3 Å². The first-order valence-corrected chi connectivity index (χ1v) is 6.34. The highest BCUT2D eigenvalue weighted by molar-refractivity contribution is 6.31. The third-order valence-corrected chi connectivity index (χ3v) is 2.29. The average Bonchev–Trinajstić information content (AvgIpc) is 2.21. The number of nitrogens with one attached hydrogen (secondary N) is 1. The molecule has 0 saturated heterocycles. The minimum Gasteiger partial charge on any atom is -0.471 e. The van der Waals surface area contributed by atoms with E-state index in [9.17, 15) is 0 Å². The second-order valence-corrected chi connectivity index (χ2v) is 5.43. The summed E-state index contributed by atoms with van der Waals surface area (Å²) < 4.78 is 5.65. The Morgan fingerprint density at radius 3 is 2.65 bits per heavy atom. The molecule has 1 N–H and O–H groups in total. The van der Waals surface area contributed by atoms with Crippen LogP contribution in [0.5, 0.6) is 5.88 Å². The van der Waals surface area contributed by atoms with Crippen molar-refractivity contribution in [1.29, 1.82) is 0 Å². The van der Waals surface area contributed by atoms with Crippen LogP contribution >= 0.6 is 11.6 Å². The first-order valence-electron chi connectivity index (χ1n) is 5.96. The van der Waals surface area contributed by atoms with Crippen molar-refractivity contribution in [3.63, 3.8) is 0 Å². The van der Waals surface area contributed by atoms with Crippen molar-refractivity contribution < 1.29 is 4.74 Å². The lowest BCUT2D eigenvalue weighted by atomic mass is 10.2. The topological polar surface area (TPSA) is 34.2 Å². The summed E-state index contributed by atoms with van der Waals surface area (Å²) in [6.07, 6.45) is 2.92. The van der Waals surface area contributed by atoms with E-state index in [1.54, 1.807) is 6.20 Å². The second kappa shape index (κ2) is 6.22. The molecule has 0 aliphatic heterocycles. The Balaban J connectivity index is 2.66. The van der Waals surface area contributed by atoms with Crippen LogP contribution in [0.3, 0.4) is 0 Å². The Hall–Kier alpha value is -0.800. The molecule has 0 saturated carbocycles. The van der Waals surface area contributed by atoms with Crippen molar-refractivity contribution in [2.24, 2.45) is 0 Å². The Kier molecular flexibility index (Phi) is 5.22.